The topological polar surface area (TPSA) is 74.4 Å². The van der Waals surface area contributed by atoms with E-state index < -0.39 is 0 Å². The molecule has 0 aromatic heterocycles. The standard InChI is InChI=1S/C19H28N4O2/c1-2-17-22-18(23-25-17)13-6-8-14-12(11-13)7-9-15(14)21-19(24)16-5-3-4-10-20-16/h6,8,11,15-18,20,22-23H,2-5,7,9-10H2,1H3,(H,21,24)/t15-,16?,17?,18?/m1/s1. The lowest BCUT2D eigenvalue weighted by Crippen LogP contribution is -2.47. The van der Waals surface area contributed by atoms with Crippen LogP contribution in [0.5, 0.6) is 0 Å². The molecular weight excluding hydrogens is 316 g/mol. The van der Waals surface area contributed by atoms with Crippen molar-refractivity contribution in [3.8, 4) is 0 Å². The van der Waals surface area contributed by atoms with Gasteiger partial charge in [-0.1, -0.05) is 31.5 Å². The predicted molar refractivity (Wildman–Crippen MR) is 95.5 cm³/mol. The molecule has 25 heavy (non-hydrogen) atoms. The Balaban J connectivity index is 1.41. The first-order valence-corrected chi connectivity index (χ1v) is 9.58. The molecule has 4 atom stereocenters. The normalized spacial score (nSPS) is 31.7. The third-order valence-electron chi connectivity index (χ3n) is 5.57. The maximum absolute atomic E-state index is 12.5. The van der Waals surface area contributed by atoms with Crippen LogP contribution in [0.3, 0.4) is 0 Å². The van der Waals surface area contributed by atoms with Gasteiger partial charge in [0.2, 0.25) is 5.91 Å². The van der Waals surface area contributed by atoms with Gasteiger partial charge in [-0.2, -0.15) is 5.48 Å². The van der Waals surface area contributed by atoms with Crippen molar-refractivity contribution in [1.82, 2.24) is 21.4 Å². The minimum atomic E-state index is -0.0212. The van der Waals surface area contributed by atoms with Crippen LogP contribution in [0, 0.1) is 0 Å². The lowest BCUT2D eigenvalue weighted by Gasteiger charge is -2.25. The summed E-state index contributed by atoms with van der Waals surface area (Å²) in [7, 11) is 0. The Morgan fingerprint density at radius 1 is 1.32 bits per heavy atom. The van der Waals surface area contributed by atoms with Crippen LogP contribution >= 0.6 is 0 Å². The molecule has 6 heteroatoms. The Labute approximate surface area is 149 Å². The van der Waals surface area contributed by atoms with Crippen LogP contribution in [-0.2, 0) is 16.1 Å². The van der Waals surface area contributed by atoms with E-state index in [-0.39, 0.29) is 30.4 Å². The summed E-state index contributed by atoms with van der Waals surface area (Å²) in [5, 5.41) is 10.0. The SMILES string of the molecule is CCC1NC(c2ccc3c(c2)CC[C@H]3NC(=O)C2CCCCN2)NO1. The molecule has 0 saturated carbocycles. The molecule has 2 aliphatic heterocycles. The lowest BCUT2D eigenvalue weighted by atomic mass is 10.0. The number of hydrogen-bond donors (Lipinski definition) is 4. The number of carbonyl (C=O) groups excluding carboxylic acids is 1. The molecule has 0 radical (unpaired) electrons. The van der Waals surface area contributed by atoms with E-state index in [1.165, 1.54) is 23.1 Å². The summed E-state index contributed by atoms with van der Waals surface area (Å²) in [6, 6.07) is 6.66. The Bertz CT molecular complexity index is 630. The largest absolute Gasteiger partial charge is 0.348 e. The Kier molecular flexibility index (Phi) is 5.03. The third-order valence-corrected chi connectivity index (χ3v) is 5.57. The van der Waals surface area contributed by atoms with Gasteiger partial charge < -0.3 is 10.6 Å². The molecule has 2 heterocycles. The summed E-state index contributed by atoms with van der Waals surface area (Å²) in [5.41, 5.74) is 6.85. The minimum Gasteiger partial charge on any atom is -0.348 e. The smallest absolute Gasteiger partial charge is 0.237 e. The van der Waals surface area contributed by atoms with Crippen molar-refractivity contribution in [2.24, 2.45) is 0 Å². The van der Waals surface area contributed by atoms with Crippen molar-refractivity contribution < 1.29 is 9.63 Å². The number of benzene rings is 1. The second kappa shape index (κ2) is 7.41. The van der Waals surface area contributed by atoms with Crippen molar-refractivity contribution in [1.29, 1.82) is 0 Å². The molecule has 3 unspecified atom stereocenters. The Hall–Kier alpha value is -1.47. The summed E-state index contributed by atoms with van der Waals surface area (Å²) >= 11 is 0. The number of amides is 1. The molecule has 0 bridgehead atoms. The zero-order valence-electron chi connectivity index (χ0n) is 14.8. The van der Waals surface area contributed by atoms with Gasteiger partial charge in [0, 0.05) is 0 Å². The summed E-state index contributed by atoms with van der Waals surface area (Å²) in [6.07, 6.45) is 6.28. The van der Waals surface area contributed by atoms with Gasteiger partial charge in [-0.05, 0) is 55.3 Å². The highest BCUT2D eigenvalue weighted by Crippen LogP contribution is 2.33. The molecule has 3 aliphatic rings. The molecular formula is C19H28N4O2. The number of hydroxylamine groups is 1. The number of rotatable bonds is 4. The van der Waals surface area contributed by atoms with E-state index in [2.05, 4.69) is 46.6 Å². The highest BCUT2D eigenvalue weighted by atomic mass is 16.7. The van der Waals surface area contributed by atoms with E-state index in [4.69, 9.17) is 4.84 Å². The first-order valence-electron chi connectivity index (χ1n) is 9.58. The van der Waals surface area contributed by atoms with E-state index in [1.54, 1.807) is 0 Å². The monoisotopic (exact) mass is 344 g/mol. The van der Waals surface area contributed by atoms with Gasteiger partial charge in [-0.25, -0.2) is 0 Å². The van der Waals surface area contributed by atoms with Gasteiger partial charge in [0.1, 0.15) is 12.4 Å². The molecule has 1 aromatic rings. The van der Waals surface area contributed by atoms with Gasteiger partial charge in [-0.15, -0.1) is 0 Å². The predicted octanol–water partition coefficient (Wildman–Crippen LogP) is 1.79. The van der Waals surface area contributed by atoms with Gasteiger partial charge in [0.25, 0.3) is 0 Å². The lowest BCUT2D eigenvalue weighted by molar-refractivity contribution is -0.124. The molecule has 1 amide bonds. The fourth-order valence-corrected chi connectivity index (χ4v) is 4.08. The zero-order chi connectivity index (χ0) is 17.2. The molecule has 0 spiro atoms. The van der Waals surface area contributed by atoms with E-state index in [9.17, 15) is 4.79 Å². The van der Waals surface area contributed by atoms with E-state index >= 15 is 0 Å². The van der Waals surface area contributed by atoms with Crippen LogP contribution in [0.2, 0.25) is 0 Å². The number of aryl methyl sites for hydroxylation is 1. The molecule has 6 nitrogen and oxygen atoms in total. The van der Waals surface area contributed by atoms with Crippen molar-refractivity contribution in [2.75, 3.05) is 6.54 Å². The van der Waals surface area contributed by atoms with Crippen LogP contribution in [0.1, 0.15) is 67.9 Å². The summed E-state index contributed by atoms with van der Waals surface area (Å²) in [6.45, 7) is 3.05. The van der Waals surface area contributed by atoms with Crippen LogP contribution in [0.4, 0.5) is 0 Å². The first-order chi connectivity index (χ1) is 12.2. The molecule has 1 aromatic carbocycles. The van der Waals surface area contributed by atoms with Crippen LogP contribution in [0.25, 0.3) is 0 Å². The molecule has 2 saturated heterocycles. The molecule has 4 rings (SSSR count). The fourth-order valence-electron chi connectivity index (χ4n) is 4.08. The maximum atomic E-state index is 12.5. The number of fused-ring (bicyclic) bond motifs is 1. The number of carbonyl (C=O) groups is 1. The molecule has 136 valence electrons. The number of nitrogens with one attached hydrogen (secondary N) is 4. The second-order valence-electron chi connectivity index (χ2n) is 7.29. The van der Waals surface area contributed by atoms with E-state index in [1.807, 2.05) is 0 Å². The van der Waals surface area contributed by atoms with Crippen molar-refractivity contribution >= 4 is 5.91 Å². The van der Waals surface area contributed by atoms with Crippen molar-refractivity contribution in [3.05, 3.63) is 34.9 Å². The average molecular weight is 344 g/mol. The minimum absolute atomic E-state index is 0.0212. The van der Waals surface area contributed by atoms with E-state index in [0.717, 1.165) is 38.6 Å². The van der Waals surface area contributed by atoms with E-state index in [0.29, 0.717) is 0 Å². The third kappa shape index (κ3) is 3.58. The maximum Gasteiger partial charge on any atom is 0.237 e. The highest BCUT2D eigenvalue weighted by Gasteiger charge is 2.30. The average Bonchev–Trinajstić information content (AvgIpc) is 3.29. The fraction of sp³-hybridized carbons (Fsp3) is 0.632. The summed E-state index contributed by atoms with van der Waals surface area (Å²) in [4.78, 5) is 18.0. The van der Waals surface area contributed by atoms with Crippen LogP contribution in [-0.4, -0.2) is 24.7 Å². The zero-order valence-corrected chi connectivity index (χ0v) is 14.8. The molecule has 1 aliphatic carbocycles. The van der Waals surface area contributed by atoms with Gasteiger partial charge >= 0.3 is 0 Å². The molecule has 4 N–H and O–H groups in total. The van der Waals surface area contributed by atoms with Gasteiger partial charge in [-0.3, -0.25) is 14.9 Å². The summed E-state index contributed by atoms with van der Waals surface area (Å²) < 4.78 is 0. The first kappa shape index (κ1) is 17.0. The number of piperidine rings is 1. The summed E-state index contributed by atoms with van der Waals surface area (Å²) in [5.74, 6) is 0.153. The second-order valence-corrected chi connectivity index (χ2v) is 7.29. The van der Waals surface area contributed by atoms with Crippen LogP contribution < -0.4 is 21.4 Å². The van der Waals surface area contributed by atoms with Crippen molar-refractivity contribution in [3.63, 3.8) is 0 Å². The molecule has 2 fully saturated rings. The van der Waals surface area contributed by atoms with Gasteiger partial charge in [0.15, 0.2) is 0 Å². The Morgan fingerprint density at radius 2 is 2.24 bits per heavy atom. The Morgan fingerprint density at radius 3 is 3.00 bits per heavy atom. The quantitative estimate of drug-likeness (QED) is 0.670. The number of hydrogen-bond acceptors (Lipinski definition) is 5. The van der Waals surface area contributed by atoms with Gasteiger partial charge in [0.05, 0.1) is 12.1 Å². The van der Waals surface area contributed by atoms with Crippen molar-refractivity contribution in [2.45, 2.75) is 69.9 Å². The van der Waals surface area contributed by atoms with Crippen LogP contribution in [0.15, 0.2) is 18.2 Å². The highest BCUT2D eigenvalue weighted by molar-refractivity contribution is 5.82.